The minimum atomic E-state index is 0.139. The van der Waals surface area contributed by atoms with Crippen molar-refractivity contribution in [3.05, 3.63) is 18.1 Å². The van der Waals surface area contributed by atoms with Crippen LogP contribution < -0.4 is 4.74 Å². The van der Waals surface area contributed by atoms with E-state index in [0.717, 1.165) is 0 Å². The van der Waals surface area contributed by atoms with Crippen LogP contribution in [0.5, 0.6) is 5.88 Å². The fourth-order valence-corrected chi connectivity index (χ4v) is 0.642. The lowest BCUT2D eigenvalue weighted by molar-refractivity contribution is -0.129. The van der Waals surface area contributed by atoms with Crippen molar-refractivity contribution in [1.29, 1.82) is 0 Å². The van der Waals surface area contributed by atoms with Crippen molar-refractivity contribution < 1.29 is 14.3 Å². The average Bonchev–Trinajstić information content (AvgIpc) is 2.15. The number of nitrogens with zero attached hydrogens (tertiary/aromatic N) is 2. The normalized spacial score (nSPS) is 9.08. The van der Waals surface area contributed by atoms with Gasteiger partial charge in [-0.1, -0.05) is 0 Å². The first-order chi connectivity index (χ1) is 5.86. The van der Waals surface area contributed by atoms with Gasteiger partial charge in [0.05, 0.1) is 25.2 Å². The Bertz CT molecular complexity index is 247. The Kier molecular flexibility index (Phi) is 3.01. The van der Waals surface area contributed by atoms with Gasteiger partial charge >= 0.3 is 0 Å². The summed E-state index contributed by atoms with van der Waals surface area (Å²) in [5.74, 6) is 0.435. The molecule has 0 fully saturated rings. The highest BCUT2D eigenvalue weighted by Gasteiger charge is 1.96. The highest BCUT2D eigenvalue weighted by Crippen LogP contribution is 2.02. The van der Waals surface area contributed by atoms with Crippen molar-refractivity contribution >= 4 is 6.47 Å². The number of aromatic nitrogens is 2. The van der Waals surface area contributed by atoms with E-state index in [2.05, 4.69) is 14.7 Å². The maximum atomic E-state index is 9.81. The number of carbonyl (C=O) groups excluding carboxylic acids is 1. The van der Waals surface area contributed by atoms with Crippen LogP contribution in [0.4, 0.5) is 0 Å². The molecule has 1 aromatic rings. The number of hydrogen-bond acceptors (Lipinski definition) is 5. The molecule has 1 heterocycles. The molecule has 0 aliphatic heterocycles. The fourth-order valence-electron chi connectivity index (χ4n) is 0.642. The first kappa shape index (κ1) is 8.45. The summed E-state index contributed by atoms with van der Waals surface area (Å²) < 4.78 is 9.26. The average molecular weight is 168 g/mol. The van der Waals surface area contributed by atoms with Crippen molar-refractivity contribution in [2.75, 3.05) is 7.11 Å². The lowest BCUT2D eigenvalue weighted by atomic mass is 10.5. The molecule has 0 aliphatic rings. The summed E-state index contributed by atoms with van der Waals surface area (Å²) in [6.07, 6.45) is 2.95. The lowest BCUT2D eigenvalue weighted by Crippen LogP contribution is -1.96. The molecular weight excluding hydrogens is 160 g/mol. The minimum Gasteiger partial charge on any atom is -0.480 e. The Morgan fingerprint density at radius 1 is 1.50 bits per heavy atom. The molecule has 5 nitrogen and oxygen atoms in total. The predicted molar refractivity (Wildman–Crippen MR) is 39.4 cm³/mol. The number of methoxy groups -OCH3 is 1. The Hall–Kier alpha value is -1.65. The first-order valence-corrected chi connectivity index (χ1v) is 3.27. The summed E-state index contributed by atoms with van der Waals surface area (Å²) in [4.78, 5) is 17.6. The highest BCUT2D eigenvalue weighted by molar-refractivity contribution is 5.37. The zero-order chi connectivity index (χ0) is 8.81. The third-order valence-corrected chi connectivity index (χ3v) is 1.19. The van der Waals surface area contributed by atoms with Crippen LogP contribution in [0.25, 0.3) is 0 Å². The van der Waals surface area contributed by atoms with Crippen molar-refractivity contribution in [1.82, 2.24) is 9.97 Å². The van der Waals surface area contributed by atoms with Crippen molar-refractivity contribution in [2.24, 2.45) is 0 Å². The molecule has 1 rings (SSSR count). The van der Waals surface area contributed by atoms with E-state index in [1.807, 2.05) is 0 Å². The lowest BCUT2D eigenvalue weighted by Gasteiger charge is -1.99. The van der Waals surface area contributed by atoms with E-state index < -0.39 is 0 Å². The molecule has 0 radical (unpaired) electrons. The molecule has 64 valence electrons. The van der Waals surface area contributed by atoms with E-state index >= 15 is 0 Å². The van der Waals surface area contributed by atoms with Crippen LogP contribution in [-0.2, 0) is 16.1 Å². The molecule has 0 atom stereocenters. The number of ether oxygens (including phenoxy) is 2. The summed E-state index contributed by atoms with van der Waals surface area (Å²) in [6, 6.07) is 0. The van der Waals surface area contributed by atoms with Crippen LogP contribution >= 0.6 is 0 Å². The maximum Gasteiger partial charge on any atom is 0.293 e. The SMILES string of the molecule is COc1cnc(COC=O)cn1. The van der Waals surface area contributed by atoms with Crippen LogP contribution in [-0.4, -0.2) is 23.5 Å². The number of hydrogen-bond donors (Lipinski definition) is 0. The summed E-state index contributed by atoms with van der Waals surface area (Å²) in [5.41, 5.74) is 0.586. The Labute approximate surface area is 69.4 Å². The third kappa shape index (κ3) is 2.19. The molecule has 0 bridgehead atoms. The first-order valence-electron chi connectivity index (χ1n) is 3.27. The second kappa shape index (κ2) is 4.27. The Balaban J connectivity index is 2.58. The molecule has 0 unspecified atom stereocenters. The van der Waals surface area contributed by atoms with Crippen molar-refractivity contribution in [3.63, 3.8) is 0 Å². The molecule has 0 spiro atoms. The monoisotopic (exact) mass is 168 g/mol. The second-order valence-corrected chi connectivity index (χ2v) is 1.96. The van der Waals surface area contributed by atoms with Gasteiger partial charge in [0.25, 0.3) is 6.47 Å². The predicted octanol–water partition coefficient (Wildman–Crippen LogP) is 0.158. The van der Waals surface area contributed by atoms with E-state index in [0.29, 0.717) is 18.0 Å². The van der Waals surface area contributed by atoms with E-state index in [9.17, 15) is 4.79 Å². The molecule has 0 saturated heterocycles. The smallest absolute Gasteiger partial charge is 0.293 e. The van der Waals surface area contributed by atoms with Gasteiger partial charge in [0.1, 0.15) is 6.61 Å². The number of rotatable bonds is 4. The Morgan fingerprint density at radius 3 is 2.83 bits per heavy atom. The fraction of sp³-hybridized carbons (Fsp3) is 0.286. The topological polar surface area (TPSA) is 61.3 Å². The molecule has 0 saturated carbocycles. The highest BCUT2D eigenvalue weighted by atomic mass is 16.5. The summed E-state index contributed by atoms with van der Waals surface area (Å²) in [5, 5.41) is 0. The van der Waals surface area contributed by atoms with Crippen LogP contribution in [0.1, 0.15) is 5.69 Å². The van der Waals surface area contributed by atoms with Gasteiger partial charge in [-0.15, -0.1) is 0 Å². The third-order valence-electron chi connectivity index (χ3n) is 1.19. The second-order valence-electron chi connectivity index (χ2n) is 1.96. The van der Waals surface area contributed by atoms with Gasteiger partial charge in [-0.2, -0.15) is 0 Å². The molecular formula is C7H8N2O3. The van der Waals surface area contributed by atoms with E-state index in [1.54, 1.807) is 0 Å². The summed E-state index contributed by atoms with van der Waals surface area (Å²) >= 11 is 0. The molecule has 0 aliphatic carbocycles. The van der Waals surface area contributed by atoms with Gasteiger partial charge in [0.2, 0.25) is 5.88 Å². The van der Waals surface area contributed by atoms with Gasteiger partial charge in [-0.3, -0.25) is 9.78 Å². The van der Waals surface area contributed by atoms with Crippen LogP contribution in [0.15, 0.2) is 12.4 Å². The van der Waals surface area contributed by atoms with Gasteiger partial charge in [-0.25, -0.2) is 4.98 Å². The van der Waals surface area contributed by atoms with Gasteiger partial charge < -0.3 is 9.47 Å². The van der Waals surface area contributed by atoms with Crippen LogP contribution in [0.3, 0.4) is 0 Å². The van der Waals surface area contributed by atoms with Crippen molar-refractivity contribution in [2.45, 2.75) is 6.61 Å². The summed E-state index contributed by atoms with van der Waals surface area (Å²) in [6.45, 7) is 0.506. The Morgan fingerprint density at radius 2 is 2.33 bits per heavy atom. The quantitative estimate of drug-likeness (QED) is 0.599. The van der Waals surface area contributed by atoms with Gasteiger partial charge in [0, 0.05) is 0 Å². The minimum absolute atomic E-state index is 0.139. The van der Waals surface area contributed by atoms with Crippen LogP contribution in [0, 0.1) is 0 Å². The summed E-state index contributed by atoms with van der Waals surface area (Å²) in [7, 11) is 1.51. The van der Waals surface area contributed by atoms with Crippen LogP contribution in [0.2, 0.25) is 0 Å². The van der Waals surface area contributed by atoms with E-state index in [4.69, 9.17) is 4.74 Å². The van der Waals surface area contributed by atoms with E-state index in [-0.39, 0.29) is 6.61 Å². The zero-order valence-electron chi connectivity index (χ0n) is 6.56. The van der Waals surface area contributed by atoms with Crippen molar-refractivity contribution in [3.8, 4) is 5.88 Å². The molecule has 1 aromatic heterocycles. The largest absolute Gasteiger partial charge is 0.480 e. The maximum absolute atomic E-state index is 9.81. The standard InChI is InChI=1S/C7H8N2O3/c1-11-7-3-8-6(2-9-7)4-12-5-10/h2-3,5H,4H2,1H3. The van der Waals surface area contributed by atoms with Gasteiger partial charge in [-0.05, 0) is 0 Å². The molecule has 0 N–H and O–H groups in total. The molecule has 12 heavy (non-hydrogen) atoms. The molecule has 5 heteroatoms. The van der Waals surface area contributed by atoms with Gasteiger partial charge in [0.15, 0.2) is 0 Å². The molecule has 0 aromatic carbocycles. The molecule has 0 amide bonds. The van der Waals surface area contributed by atoms with E-state index in [1.165, 1.54) is 19.5 Å². The number of carbonyl (C=O) groups is 1. The zero-order valence-corrected chi connectivity index (χ0v) is 6.56.